The van der Waals surface area contributed by atoms with E-state index in [1.54, 1.807) is 6.07 Å². The Bertz CT molecular complexity index is 360. The Balaban J connectivity index is 2.48. The molecule has 0 aromatic heterocycles. The summed E-state index contributed by atoms with van der Waals surface area (Å²) in [6, 6.07) is 6.02. The number of hydrogen-bond acceptors (Lipinski definition) is 1. The minimum atomic E-state index is -4.24. The molecule has 0 fully saturated rings. The third-order valence-corrected chi connectivity index (χ3v) is 2.91. The quantitative estimate of drug-likeness (QED) is 0.813. The summed E-state index contributed by atoms with van der Waals surface area (Å²) in [5.41, 5.74) is 0.202. The van der Waals surface area contributed by atoms with Crippen molar-refractivity contribution in [2.45, 2.75) is 45.3 Å². The highest BCUT2D eigenvalue weighted by atomic mass is 19.4. The van der Waals surface area contributed by atoms with Crippen molar-refractivity contribution >= 4 is 0 Å². The van der Waals surface area contributed by atoms with Gasteiger partial charge in [0.1, 0.15) is 0 Å². The Labute approximate surface area is 106 Å². The lowest BCUT2D eigenvalue weighted by atomic mass is 10.0. The highest BCUT2D eigenvalue weighted by molar-refractivity contribution is 5.25. The van der Waals surface area contributed by atoms with E-state index in [1.807, 2.05) is 6.92 Å². The van der Waals surface area contributed by atoms with Crippen LogP contribution in [-0.2, 0) is 12.6 Å². The van der Waals surface area contributed by atoms with Crippen molar-refractivity contribution in [3.8, 4) is 0 Å². The molecule has 0 aliphatic carbocycles. The summed E-state index contributed by atoms with van der Waals surface area (Å²) >= 11 is 0. The van der Waals surface area contributed by atoms with Crippen LogP contribution in [0.2, 0.25) is 0 Å². The lowest BCUT2D eigenvalue weighted by Crippen LogP contribution is -2.25. The van der Waals surface area contributed by atoms with Gasteiger partial charge in [-0.05, 0) is 44.4 Å². The summed E-state index contributed by atoms with van der Waals surface area (Å²) in [7, 11) is 0. The molecule has 1 aromatic carbocycles. The zero-order chi connectivity index (χ0) is 13.6. The van der Waals surface area contributed by atoms with Crippen LogP contribution in [0.4, 0.5) is 13.2 Å². The molecule has 0 bridgehead atoms. The van der Waals surface area contributed by atoms with Gasteiger partial charge < -0.3 is 5.32 Å². The minimum absolute atomic E-state index is 0.417. The minimum Gasteiger partial charge on any atom is -0.315 e. The van der Waals surface area contributed by atoms with E-state index in [1.165, 1.54) is 12.1 Å². The number of halogens is 3. The Kier molecular flexibility index (Phi) is 5.66. The second-order valence-electron chi connectivity index (χ2n) is 4.55. The first kappa shape index (κ1) is 15.0. The number of hydrogen-bond donors (Lipinski definition) is 1. The van der Waals surface area contributed by atoms with Gasteiger partial charge in [0.05, 0.1) is 5.56 Å². The summed E-state index contributed by atoms with van der Waals surface area (Å²) in [6.45, 7) is 5.06. The topological polar surface area (TPSA) is 12.0 Å². The van der Waals surface area contributed by atoms with Gasteiger partial charge in [0.25, 0.3) is 0 Å². The largest absolute Gasteiger partial charge is 0.416 e. The molecule has 0 heterocycles. The Morgan fingerprint density at radius 1 is 1.28 bits per heavy atom. The van der Waals surface area contributed by atoms with E-state index in [0.29, 0.717) is 12.5 Å². The molecular formula is C14H20F3N. The van der Waals surface area contributed by atoms with Crippen molar-refractivity contribution in [3.05, 3.63) is 35.4 Å². The van der Waals surface area contributed by atoms with E-state index in [4.69, 9.17) is 0 Å². The number of benzene rings is 1. The maximum absolute atomic E-state index is 12.5. The van der Waals surface area contributed by atoms with Crippen LogP contribution in [-0.4, -0.2) is 12.6 Å². The molecule has 1 rings (SSSR count). The summed E-state index contributed by atoms with van der Waals surface area (Å²) in [5, 5.41) is 3.29. The molecule has 1 nitrogen and oxygen atoms in total. The van der Waals surface area contributed by atoms with Crippen LogP contribution in [0.5, 0.6) is 0 Å². The first-order valence-corrected chi connectivity index (χ1v) is 6.33. The van der Waals surface area contributed by atoms with Gasteiger partial charge in [-0.2, -0.15) is 13.2 Å². The molecule has 0 aliphatic rings. The maximum atomic E-state index is 12.5. The average molecular weight is 259 g/mol. The van der Waals surface area contributed by atoms with E-state index in [-0.39, 0.29) is 0 Å². The molecule has 0 amide bonds. The van der Waals surface area contributed by atoms with Gasteiger partial charge in [0, 0.05) is 6.04 Å². The highest BCUT2D eigenvalue weighted by Gasteiger charge is 2.30. The molecule has 0 saturated heterocycles. The van der Waals surface area contributed by atoms with Crippen molar-refractivity contribution in [1.82, 2.24) is 5.32 Å². The average Bonchev–Trinajstić information content (AvgIpc) is 2.29. The summed E-state index contributed by atoms with van der Waals surface area (Å²) in [4.78, 5) is 0. The van der Waals surface area contributed by atoms with Gasteiger partial charge in [-0.15, -0.1) is 0 Å². The van der Waals surface area contributed by atoms with Crippen LogP contribution < -0.4 is 5.32 Å². The van der Waals surface area contributed by atoms with Crippen molar-refractivity contribution in [3.63, 3.8) is 0 Å². The van der Waals surface area contributed by atoms with Crippen molar-refractivity contribution < 1.29 is 13.2 Å². The smallest absolute Gasteiger partial charge is 0.315 e. The van der Waals surface area contributed by atoms with Crippen LogP contribution in [0, 0.1) is 0 Å². The molecule has 18 heavy (non-hydrogen) atoms. The van der Waals surface area contributed by atoms with E-state index >= 15 is 0 Å². The third kappa shape index (κ3) is 5.08. The summed E-state index contributed by atoms with van der Waals surface area (Å²) in [5.74, 6) is 0. The molecule has 1 unspecified atom stereocenters. The van der Waals surface area contributed by atoms with Gasteiger partial charge >= 0.3 is 6.18 Å². The fourth-order valence-electron chi connectivity index (χ4n) is 1.97. The van der Waals surface area contributed by atoms with Crippen LogP contribution in [0.25, 0.3) is 0 Å². The lowest BCUT2D eigenvalue weighted by molar-refractivity contribution is -0.137. The first-order chi connectivity index (χ1) is 8.43. The predicted octanol–water partition coefficient (Wildman–Crippen LogP) is 4.03. The van der Waals surface area contributed by atoms with Gasteiger partial charge in [0.15, 0.2) is 0 Å². The van der Waals surface area contributed by atoms with Crippen LogP contribution in [0.15, 0.2) is 24.3 Å². The SMILES string of the molecule is CCNC(C)CCCc1cccc(C(F)(F)F)c1. The van der Waals surface area contributed by atoms with Crippen molar-refractivity contribution in [1.29, 1.82) is 0 Å². The predicted molar refractivity (Wildman–Crippen MR) is 67.5 cm³/mol. The highest BCUT2D eigenvalue weighted by Crippen LogP contribution is 2.29. The summed E-state index contributed by atoms with van der Waals surface area (Å²) < 4.78 is 37.5. The molecule has 102 valence electrons. The lowest BCUT2D eigenvalue weighted by Gasteiger charge is -2.12. The van der Waals surface area contributed by atoms with E-state index in [0.717, 1.165) is 31.0 Å². The fraction of sp³-hybridized carbons (Fsp3) is 0.571. The normalized spacial score (nSPS) is 13.6. The molecule has 1 atom stereocenters. The van der Waals surface area contributed by atoms with Crippen molar-refractivity contribution in [2.75, 3.05) is 6.54 Å². The van der Waals surface area contributed by atoms with Crippen LogP contribution in [0.1, 0.15) is 37.8 Å². The van der Waals surface area contributed by atoms with Gasteiger partial charge in [-0.3, -0.25) is 0 Å². The van der Waals surface area contributed by atoms with Crippen molar-refractivity contribution in [2.24, 2.45) is 0 Å². The van der Waals surface area contributed by atoms with Crippen LogP contribution in [0.3, 0.4) is 0 Å². The summed E-state index contributed by atoms with van der Waals surface area (Å²) in [6.07, 6.45) is -1.67. The maximum Gasteiger partial charge on any atom is 0.416 e. The second kappa shape index (κ2) is 6.78. The molecule has 1 aromatic rings. The molecule has 1 N–H and O–H groups in total. The number of alkyl halides is 3. The second-order valence-corrected chi connectivity index (χ2v) is 4.55. The number of aryl methyl sites for hydroxylation is 1. The van der Waals surface area contributed by atoms with E-state index < -0.39 is 11.7 Å². The molecule has 0 spiro atoms. The third-order valence-electron chi connectivity index (χ3n) is 2.91. The number of rotatable bonds is 6. The zero-order valence-corrected chi connectivity index (χ0v) is 10.8. The Morgan fingerprint density at radius 3 is 2.61 bits per heavy atom. The van der Waals surface area contributed by atoms with Gasteiger partial charge in [0.2, 0.25) is 0 Å². The molecule has 0 radical (unpaired) electrons. The zero-order valence-electron chi connectivity index (χ0n) is 10.8. The monoisotopic (exact) mass is 259 g/mol. The Morgan fingerprint density at radius 2 is 2.00 bits per heavy atom. The van der Waals surface area contributed by atoms with Gasteiger partial charge in [-0.25, -0.2) is 0 Å². The standard InChI is InChI=1S/C14H20F3N/c1-3-18-11(2)6-4-7-12-8-5-9-13(10-12)14(15,16)17/h5,8-11,18H,3-4,6-7H2,1-2H3. The van der Waals surface area contributed by atoms with E-state index in [9.17, 15) is 13.2 Å². The molecule has 0 saturated carbocycles. The van der Waals surface area contributed by atoms with E-state index in [2.05, 4.69) is 12.2 Å². The molecule has 4 heteroatoms. The van der Waals surface area contributed by atoms with Gasteiger partial charge in [-0.1, -0.05) is 25.1 Å². The fourth-order valence-corrected chi connectivity index (χ4v) is 1.97. The van der Waals surface area contributed by atoms with Crippen LogP contribution >= 0.6 is 0 Å². The molecule has 0 aliphatic heterocycles. The Hall–Kier alpha value is -1.03. The first-order valence-electron chi connectivity index (χ1n) is 6.33. The number of nitrogens with one attached hydrogen (secondary N) is 1. The molecular weight excluding hydrogens is 239 g/mol.